The quantitative estimate of drug-likeness (QED) is 0.632. The maximum absolute atomic E-state index is 3.53. The molecule has 1 saturated carbocycles. The van der Waals surface area contributed by atoms with Crippen LogP contribution in [-0.4, -0.2) is 13.1 Å². The number of piperidine rings is 1. The van der Waals surface area contributed by atoms with Crippen molar-refractivity contribution in [2.45, 2.75) is 33.1 Å². The molecule has 70 valence electrons. The Hall–Kier alpha value is -0.0400. The van der Waals surface area contributed by atoms with Crippen molar-refractivity contribution in [2.75, 3.05) is 13.1 Å². The van der Waals surface area contributed by atoms with Crippen molar-refractivity contribution >= 4 is 0 Å². The summed E-state index contributed by atoms with van der Waals surface area (Å²) in [6.07, 6.45) is 4.39. The van der Waals surface area contributed by atoms with Crippen molar-refractivity contribution in [1.29, 1.82) is 0 Å². The van der Waals surface area contributed by atoms with E-state index < -0.39 is 0 Å². The first-order valence-corrected chi connectivity index (χ1v) is 5.48. The maximum atomic E-state index is 3.53. The van der Waals surface area contributed by atoms with E-state index in [4.69, 9.17) is 0 Å². The van der Waals surface area contributed by atoms with Gasteiger partial charge in [-0.3, -0.25) is 0 Å². The highest BCUT2D eigenvalue weighted by Gasteiger charge is 2.35. The summed E-state index contributed by atoms with van der Waals surface area (Å²) in [5.74, 6) is 4.05. The van der Waals surface area contributed by atoms with E-state index >= 15 is 0 Å². The normalized spacial score (nSPS) is 48.5. The molecular weight excluding hydrogens is 146 g/mol. The molecule has 0 radical (unpaired) electrons. The highest BCUT2D eigenvalue weighted by Crippen LogP contribution is 2.42. The van der Waals surface area contributed by atoms with Crippen LogP contribution in [0.5, 0.6) is 0 Å². The van der Waals surface area contributed by atoms with Gasteiger partial charge in [-0.25, -0.2) is 0 Å². The van der Waals surface area contributed by atoms with Crippen LogP contribution in [0, 0.1) is 23.7 Å². The fraction of sp³-hybridized carbons (Fsp3) is 1.00. The predicted molar refractivity (Wildman–Crippen MR) is 52.0 cm³/mol. The Balaban J connectivity index is 1.85. The predicted octanol–water partition coefficient (Wildman–Crippen LogP) is 2.28. The monoisotopic (exact) mass is 167 g/mol. The van der Waals surface area contributed by atoms with Gasteiger partial charge in [0.2, 0.25) is 0 Å². The molecule has 1 aliphatic heterocycles. The molecule has 1 saturated heterocycles. The molecule has 0 spiro atoms. The lowest BCUT2D eigenvalue weighted by molar-refractivity contribution is 0.0814. The lowest BCUT2D eigenvalue weighted by Crippen LogP contribution is -2.43. The smallest absolute Gasteiger partial charge is 0.00153 e. The van der Waals surface area contributed by atoms with Crippen molar-refractivity contribution in [2.24, 2.45) is 23.7 Å². The van der Waals surface area contributed by atoms with Gasteiger partial charge in [0, 0.05) is 0 Å². The number of hydrogen-bond acceptors (Lipinski definition) is 1. The Morgan fingerprint density at radius 3 is 2.50 bits per heavy atom. The minimum Gasteiger partial charge on any atom is -0.316 e. The SMILES string of the molecule is CC1CC(C2CNCCC2C)C1. The third-order valence-corrected chi connectivity index (χ3v) is 3.90. The summed E-state index contributed by atoms with van der Waals surface area (Å²) in [5.41, 5.74) is 0. The van der Waals surface area contributed by atoms with E-state index in [0.717, 1.165) is 23.7 Å². The van der Waals surface area contributed by atoms with Crippen LogP contribution in [0.1, 0.15) is 33.1 Å². The molecule has 2 aliphatic rings. The van der Waals surface area contributed by atoms with Crippen molar-refractivity contribution in [3.05, 3.63) is 0 Å². The third kappa shape index (κ3) is 1.52. The van der Waals surface area contributed by atoms with Gasteiger partial charge in [-0.1, -0.05) is 13.8 Å². The lowest BCUT2D eigenvalue weighted by atomic mass is 9.65. The molecular formula is C11H21N. The molecule has 0 aromatic rings. The second-order valence-corrected chi connectivity index (χ2v) is 4.97. The van der Waals surface area contributed by atoms with E-state index in [9.17, 15) is 0 Å². The van der Waals surface area contributed by atoms with Gasteiger partial charge in [-0.15, -0.1) is 0 Å². The Labute approximate surface area is 75.9 Å². The van der Waals surface area contributed by atoms with E-state index in [0.29, 0.717) is 0 Å². The summed E-state index contributed by atoms with van der Waals surface area (Å²) in [4.78, 5) is 0. The summed E-state index contributed by atoms with van der Waals surface area (Å²) in [5, 5.41) is 3.53. The molecule has 0 aromatic carbocycles. The van der Waals surface area contributed by atoms with E-state index in [1.165, 1.54) is 32.4 Å². The molecule has 1 N–H and O–H groups in total. The Morgan fingerprint density at radius 2 is 1.92 bits per heavy atom. The molecule has 2 atom stereocenters. The Kier molecular flexibility index (Phi) is 2.40. The zero-order chi connectivity index (χ0) is 8.55. The van der Waals surface area contributed by atoms with E-state index in [1.807, 2.05) is 0 Å². The first-order chi connectivity index (χ1) is 5.77. The first-order valence-electron chi connectivity index (χ1n) is 5.48. The topological polar surface area (TPSA) is 12.0 Å². The highest BCUT2D eigenvalue weighted by atomic mass is 14.9. The molecule has 1 nitrogen and oxygen atoms in total. The Bertz CT molecular complexity index is 149. The number of hydrogen-bond donors (Lipinski definition) is 1. The van der Waals surface area contributed by atoms with Crippen LogP contribution in [0.25, 0.3) is 0 Å². The van der Waals surface area contributed by atoms with Gasteiger partial charge >= 0.3 is 0 Å². The third-order valence-electron chi connectivity index (χ3n) is 3.90. The number of rotatable bonds is 1. The summed E-state index contributed by atoms with van der Waals surface area (Å²) >= 11 is 0. The summed E-state index contributed by atoms with van der Waals surface area (Å²) in [6.45, 7) is 7.37. The molecule has 0 amide bonds. The van der Waals surface area contributed by atoms with E-state index in [-0.39, 0.29) is 0 Å². The van der Waals surface area contributed by atoms with Crippen LogP contribution in [0.2, 0.25) is 0 Å². The first kappa shape index (κ1) is 8.55. The zero-order valence-electron chi connectivity index (χ0n) is 8.34. The minimum atomic E-state index is 0.976. The van der Waals surface area contributed by atoms with Crippen LogP contribution >= 0.6 is 0 Å². The molecule has 0 bridgehead atoms. The molecule has 2 rings (SSSR count). The molecule has 2 fully saturated rings. The van der Waals surface area contributed by atoms with E-state index in [1.54, 1.807) is 0 Å². The van der Waals surface area contributed by atoms with E-state index in [2.05, 4.69) is 19.2 Å². The largest absolute Gasteiger partial charge is 0.316 e. The van der Waals surface area contributed by atoms with Gasteiger partial charge in [0.25, 0.3) is 0 Å². The fourth-order valence-electron chi connectivity index (χ4n) is 2.96. The Morgan fingerprint density at radius 1 is 1.17 bits per heavy atom. The van der Waals surface area contributed by atoms with Gasteiger partial charge in [0.05, 0.1) is 0 Å². The second kappa shape index (κ2) is 3.37. The highest BCUT2D eigenvalue weighted by molar-refractivity contribution is 4.87. The van der Waals surface area contributed by atoms with Gasteiger partial charge in [0.15, 0.2) is 0 Å². The maximum Gasteiger partial charge on any atom is -0.00153 e. The molecule has 0 aromatic heterocycles. The van der Waals surface area contributed by atoms with Crippen molar-refractivity contribution < 1.29 is 0 Å². The average molecular weight is 167 g/mol. The minimum absolute atomic E-state index is 0.976. The average Bonchev–Trinajstić information content (AvgIpc) is 2.01. The van der Waals surface area contributed by atoms with Gasteiger partial charge in [-0.05, 0) is 56.0 Å². The van der Waals surface area contributed by atoms with Crippen molar-refractivity contribution in [3.8, 4) is 0 Å². The molecule has 1 heterocycles. The molecule has 1 aliphatic carbocycles. The summed E-state index contributed by atoms with van der Waals surface area (Å²) in [7, 11) is 0. The van der Waals surface area contributed by atoms with Crippen molar-refractivity contribution in [1.82, 2.24) is 5.32 Å². The van der Waals surface area contributed by atoms with Gasteiger partial charge in [-0.2, -0.15) is 0 Å². The molecule has 2 unspecified atom stereocenters. The summed E-state index contributed by atoms with van der Waals surface area (Å²) in [6, 6.07) is 0. The zero-order valence-corrected chi connectivity index (χ0v) is 8.34. The van der Waals surface area contributed by atoms with Crippen LogP contribution < -0.4 is 5.32 Å². The molecule has 12 heavy (non-hydrogen) atoms. The van der Waals surface area contributed by atoms with Crippen LogP contribution in [-0.2, 0) is 0 Å². The standard InChI is InChI=1S/C11H21N/c1-8-5-10(6-8)11-7-12-4-3-9(11)2/h8-12H,3-7H2,1-2H3. The second-order valence-electron chi connectivity index (χ2n) is 4.97. The molecule has 1 heteroatoms. The van der Waals surface area contributed by atoms with Crippen molar-refractivity contribution in [3.63, 3.8) is 0 Å². The van der Waals surface area contributed by atoms with Gasteiger partial charge in [0.1, 0.15) is 0 Å². The van der Waals surface area contributed by atoms with Crippen LogP contribution in [0.3, 0.4) is 0 Å². The van der Waals surface area contributed by atoms with Crippen LogP contribution in [0.4, 0.5) is 0 Å². The number of nitrogens with one attached hydrogen (secondary N) is 1. The lowest BCUT2D eigenvalue weighted by Gasteiger charge is -2.43. The fourth-order valence-corrected chi connectivity index (χ4v) is 2.96. The summed E-state index contributed by atoms with van der Waals surface area (Å²) < 4.78 is 0. The van der Waals surface area contributed by atoms with Crippen LogP contribution in [0.15, 0.2) is 0 Å². The van der Waals surface area contributed by atoms with Gasteiger partial charge < -0.3 is 5.32 Å².